The van der Waals surface area contributed by atoms with Crippen LogP contribution in [0.25, 0.3) is 0 Å². The summed E-state index contributed by atoms with van der Waals surface area (Å²) < 4.78 is 5.87. The van der Waals surface area contributed by atoms with Crippen LogP contribution in [0, 0.1) is 0 Å². The summed E-state index contributed by atoms with van der Waals surface area (Å²) >= 11 is 0. The van der Waals surface area contributed by atoms with Crippen LogP contribution in [0.5, 0.6) is 0 Å². The second-order valence-corrected chi connectivity index (χ2v) is 5.75. The maximum atomic E-state index is 5.87. The molecular formula is C10H18OSi. The van der Waals surface area contributed by atoms with E-state index in [1.54, 1.807) is 0 Å². The van der Waals surface area contributed by atoms with Crippen LogP contribution in [0.3, 0.4) is 0 Å². The molecule has 1 nitrogen and oxygen atoms in total. The SMILES string of the molecule is C=CCC1([SiH2]C=C)CCCCO1. The summed E-state index contributed by atoms with van der Waals surface area (Å²) in [7, 11) is -0.271. The van der Waals surface area contributed by atoms with Gasteiger partial charge in [0.05, 0.1) is 14.7 Å². The van der Waals surface area contributed by atoms with Crippen LogP contribution >= 0.6 is 0 Å². The third kappa shape index (κ3) is 2.32. The van der Waals surface area contributed by atoms with Crippen LogP contribution in [0.15, 0.2) is 24.9 Å². The average molecular weight is 182 g/mol. The third-order valence-electron chi connectivity index (χ3n) is 2.47. The minimum atomic E-state index is -0.271. The summed E-state index contributed by atoms with van der Waals surface area (Å²) in [5.74, 6) is 0. The van der Waals surface area contributed by atoms with Gasteiger partial charge in [-0.3, -0.25) is 0 Å². The Morgan fingerprint density at radius 2 is 2.25 bits per heavy atom. The van der Waals surface area contributed by atoms with Gasteiger partial charge in [-0.15, -0.1) is 18.9 Å². The van der Waals surface area contributed by atoms with Crippen LogP contribution in [-0.4, -0.2) is 21.4 Å². The molecule has 0 saturated carbocycles. The average Bonchev–Trinajstić information content (AvgIpc) is 2.07. The van der Waals surface area contributed by atoms with E-state index in [-0.39, 0.29) is 14.7 Å². The van der Waals surface area contributed by atoms with Crippen LogP contribution in [-0.2, 0) is 4.74 Å². The Kier molecular flexibility index (Phi) is 3.76. The molecule has 0 bridgehead atoms. The lowest BCUT2D eigenvalue weighted by molar-refractivity contribution is -0.0170. The zero-order valence-electron chi connectivity index (χ0n) is 7.72. The number of hydrogen-bond donors (Lipinski definition) is 0. The smallest absolute Gasteiger partial charge is 0.0830 e. The van der Waals surface area contributed by atoms with Gasteiger partial charge in [0.25, 0.3) is 0 Å². The first-order chi connectivity index (χ1) is 5.83. The van der Waals surface area contributed by atoms with Crippen molar-refractivity contribution in [3.63, 3.8) is 0 Å². The molecule has 0 radical (unpaired) electrons. The molecule has 1 unspecified atom stereocenters. The predicted octanol–water partition coefficient (Wildman–Crippen LogP) is 1.77. The Bertz CT molecular complexity index is 147. The Labute approximate surface area is 77.3 Å². The lowest BCUT2D eigenvalue weighted by Crippen LogP contribution is -2.41. The van der Waals surface area contributed by atoms with E-state index in [2.05, 4.69) is 18.9 Å². The molecule has 1 aliphatic heterocycles. The van der Waals surface area contributed by atoms with Gasteiger partial charge in [0.2, 0.25) is 0 Å². The first kappa shape index (κ1) is 9.74. The molecule has 0 aromatic heterocycles. The van der Waals surface area contributed by atoms with Gasteiger partial charge < -0.3 is 4.74 Å². The van der Waals surface area contributed by atoms with E-state index in [4.69, 9.17) is 4.74 Å². The van der Waals surface area contributed by atoms with Crippen molar-refractivity contribution in [1.29, 1.82) is 0 Å². The fourth-order valence-corrected chi connectivity index (χ4v) is 3.45. The van der Waals surface area contributed by atoms with E-state index in [1.165, 1.54) is 19.3 Å². The van der Waals surface area contributed by atoms with Crippen LogP contribution in [0.1, 0.15) is 25.7 Å². The van der Waals surface area contributed by atoms with Crippen molar-refractivity contribution in [1.82, 2.24) is 0 Å². The summed E-state index contributed by atoms with van der Waals surface area (Å²) in [5.41, 5.74) is 2.09. The second-order valence-electron chi connectivity index (χ2n) is 3.47. The van der Waals surface area contributed by atoms with Crippen LogP contribution in [0.4, 0.5) is 0 Å². The van der Waals surface area contributed by atoms with Crippen molar-refractivity contribution < 1.29 is 4.74 Å². The largest absolute Gasteiger partial charge is 0.378 e. The number of ether oxygens (including phenoxy) is 1. The van der Waals surface area contributed by atoms with E-state index >= 15 is 0 Å². The summed E-state index contributed by atoms with van der Waals surface area (Å²) in [6.45, 7) is 8.56. The summed E-state index contributed by atoms with van der Waals surface area (Å²) in [5, 5.41) is 0.182. The normalized spacial score (nSPS) is 30.7. The van der Waals surface area contributed by atoms with E-state index in [0.29, 0.717) is 0 Å². The predicted molar refractivity (Wildman–Crippen MR) is 56.1 cm³/mol. The maximum Gasteiger partial charge on any atom is 0.0830 e. The van der Waals surface area contributed by atoms with Crippen molar-refractivity contribution >= 4 is 9.52 Å². The summed E-state index contributed by atoms with van der Waals surface area (Å²) in [4.78, 5) is 0. The minimum absolute atomic E-state index is 0.182. The topological polar surface area (TPSA) is 9.23 Å². The van der Waals surface area contributed by atoms with Crippen molar-refractivity contribution in [2.24, 2.45) is 0 Å². The molecule has 1 atom stereocenters. The molecule has 0 amide bonds. The van der Waals surface area contributed by atoms with Crippen LogP contribution in [0.2, 0.25) is 0 Å². The lowest BCUT2D eigenvalue weighted by Gasteiger charge is -2.35. The maximum absolute atomic E-state index is 5.87. The molecule has 1 rings (SSSR count). The van der Waals surface area contributed by atoms with Gasteiger partial charge in [-0.05, 0) is 25.7 Å². The molecule has 0 aromatic carbocycles. The Balaban J connectivity index is 2.55. The van der Waals surface area contributed by atoms with Gasteiger partial charge in [0.1, 0.15) is 0 Å². The monoisotopic (exact) mass is 182 g/mol. The zero-order valence-corrected chi connectivity index (χ0v) is 9.13. The van der Waals surface area contributed by atoms with Crippen molar-refractivity contribution in [3.8, 4) is 0 Å². The minimum Gasteiger partial charge on any atom is -0.378 e. The van der Waals surface area contributed by atoms with Crippen molar-refractivity contribution in [3.05, 3.63) is 24.9 Å². The molecule has 0 aromatic rings. The highest BCUT2D eigenvalue weighted by Crippen LogP contribution is 2.27. The first-order valence-corrected chi connectivity index (χ1v) is 6.21. The third-order valence-corrected chi connectivity index (χ3v) is 4.35. The van der Waals surface area contributed by atoms with Gasteiger partial charge in [-0.1, -0.05) is 6.08 Å². The Morgan fingerprint density at radius 3 is 2.75 bits per heavy atom. The standard InChI is InChI=1S/C10H18OSi/c1-3-7-10(12-4-2)8-5-6-9-11-10/h3-4H,1-2,5-9,12H2. The van der Waals surface area contributed by atoms with Gasteiger partial charge in [0.15, 0.2) is 0 Å². The summed E-state index contributed by atoms with van der Waals surface area (Å²) in [6.07, 6.45) is 6.77. The number of rotatable bonds is 4. The van der Waals surface area contributed by atoms with Crippen molar-refractivity contribution in [2.75, 3.05) is 6.61 Å². The molecule has 12 heavy (non-hydrogen) atoms. The molecule has 1 fully saturated rings. The highest BCUT2D eigenvalue weighted by atomic mass is 28.2. The highest BCUT2D eigenvalue weighted by molar-refractivity contribution is 6.45. The van der Waals surface area contributed by atoms with E-state index in [0.717, 1.165) is 13.0 Å². The zero-order chi connectivity index (χ0) is 8.86. The van der Waals surface area contributed by atoms with Crippen LogP contribution < -0.4 is 0 Å². The van der Waals surface area contributed by atoms with E-state index in [9.17, 15) is 0 Å². The highest BCUT2D eigenvalue weighted by Gasteiger charge is 2.30. The van der Waals surface area contributed by atoms with Gasteiger partial charge in [-0.2, -0.15) is 0 Å². The lowest BCUT2D eigenvalue weighted by atomic mass is 10.1. The fraction of sp³-hybridized carbons (Fsp3) is 0.600. The molecule has 0 spiro atoms. The van der Waals surface area contributed by atoms with E-state index in [1.807, 2.05) is 6.08 Å². The van der Waals surface area contributed by atoms with E-state index < -0.39 is 0 Å². The Morgan fingerprint density at radius 1 is 1.42 bits per heavy atom. The fourth-order valence-electron chi connectivity index (χ4n) is 1.84. The van der Waals surface area contributed by atoms with Crippen molar-refractivity contribution in [2.45, 2.75) is 30.9 Å². The quantitative estimate of drug-likeness (QED) is 0.475. The second kappa shape index (κ2) is 4.63. The molecule has 1 saturated heterocycles. The molecule has 68 valence electrons. The summed E-state index contributed by atoms with van der Waals surface area (Å²) in [6, 6.07) is 0. The molecule has 2 heteroatoms. The molecule has 1 aliphatic rings. The first-order valence-electron chi connectivity index (χ1n) is 4.69. The van der Waals surface area contributed by atoms with Gasteiger partial charge in [0, 0.05) is 6.61 Å². The molecule has 1 heterocycles. The Hall–Kier alpha value is -0.343. The molecule has 0 aliphatic carbocycles. The molecular weight excluding hydrogens is 164 g/mol. The van der Waals surface area contributed by atoms with Gasteiger partial charge in [-0.25, -0.2) is 0 Å². The molecule has 0 N–H and O–H groups in total. The van der Waals surface area contributed by atoms with Gasteiger partial charge >= 0.3 is 0 Å². The number of hydrogen-bond acceptors (Lipinski definition) is 1.